The van der Waals surface area contributed by atoms with Crippen molar-refractivity contribution < 1.29 is 9.69 Å². The predicted octanol–water partition coefficient (Wildman–Crippen LogP) is 2.32. The second kappa shape index (κ2) is 7.62. The Morgan fingerprint density at radius 3 is 2.52 bits per heavy atom. The summed E-state index contributed by atoms with van der Waals surface area (Å²) < 4.78 is 0. The fraction of sp³-hybridized carbons (Fsp3) is 0.316. The van der Waals surface area contributed by atoms with Gasteiger partial charge in [-0.3, -0.25) is 4.79 Å². The second-order valence-corrected chi connectivity index (χ2v) is 6.61. The van der Waals surface area contributed by atoms with Crippen molar-refractivity contribution in [3.8, 4) is 0 Å². The molecule has 1 aliphatic heterocycles. The van der Waals surface area contributed by atoms with Crippen LogP contribution in [0.15, 0.2) is 54.6 Å². The molecule has 120 valence electrons. The zero-order valence-corrected chi connectivity index (χ0v) is 13.9. The summed E-state index contributed by atoms with van der Waals surface area (Å²) in [6, 6.07) is 18.0. The number of nitrogens with one attached hydrogen (secondary N) is 2. The number of carbonyl (C=O) groups excluding carboxylic acids is 1. The summed E-state index contributed by atoms with van der Waals surface area (Å²) in [5, 5.41) is 3.73. The first-order valence-corrected chi connectivity index (χ1v) is 8.52. The van der Waals surface area contributed by atoms with Crippen LogP contribution in [0.5, 0.6) is 0 Å². The molecule has 1 fully saturated rings. The molecule has 1 aliphatic rings. The molecule has 2 aromatic carbocycles. The highest BCUT2D eigenvalue weighted by Gasteiger charge is 2.23. The zero-order valence-electron chi connectivity index (χ0n) is 13.1. The lowest BCUT2D eigenvalue weighted by Crippen LogP contribution is -3.12. The number of carbonyl (C=O) groups is 1. The number of rotatable bonds is 4. The molecule has 0 aliphatic carbocycles. The van der Waals surface area contributed by atoms with Gasteiger partial charge in [0.2, 0.25) is 0 Å². The highest BCUT2D eigenvalue weighted by atomic mass is 35.5. The van der Waals surface area contributed by atoms with Crippen LogP contribution < -0.4 is 10.2 Å². The van der Waals surface area contributed by atoms with Crippen molar-refractivity contribution in [2.45, 2.75) is 25.4 Å². The lowest BCUT2D eigenvalue weighted by molar-refractivity contribution is -0.918. The summed E-state index contributed by atoms with van der Waals surface area (Å²) in [5.41, 5.74) is 2.01. The van der Waals surface area contributed by atoms with Crippen molar-refractivity contribution in [3.63, 3.8) is 0 Å². The normalized spacial score (nSPS) is 20.9. The fourth-order valence-electron chi connectivity index (χ4n) is 3.13. The van der Waals surface area contributed by atoms with Crippen molar-refractivity contribution in [1.82, 2.24) is 5.32 Å². The van der Waals surface area contributed by atoms with E-state index in [4.69, 9.17) is 11.6 Å². The number of hydrogen-bond donors (Lipinski definition) is 2. The van der Waals surface area contributed by atoms with Crippen LogP contribution >= 0.6 is 11.6 Å². The molecule has 1 amide bonds. The summed E-state index contributed by atoms with van der Waals surface area (Å²) in [4.78, 5) is 13.8. The summed E-state index contributed by atoms with van der Waals surface area (Å²) in [7, 11) is 0. The van der Waals surface area contributed by atoms with Gasteiger partial charge in [-0.1, -0.05) is 48.0 Å². The Morgan fingerprint density at radius 1 is 1.09 bits per heavy atom. The lowest BCUT2D eigenvalue weighted by Gasteiger charge is -2.29. The molecule has 23 heavy (non-hydrogen) atoms. The zero-order chi connectivity index (χ0) is 16.1. The van der Waals surface area contributed by atoms with Gasteiger partial charge in [0.1, 0.15) is 6.54 Å². The van der Waals surface area contributed by atoms with E-state index in [1.54, 1.807) is 23.1 Å². The van der Waals surface area contributed by atoms with Gasteiger partial charge in [0.15, 0.2) is 0 Å². The summed E-state index contributed by atoms with van der Waals surface area (Å²) in [5.74, 6) is -0.0241. The molecule has 0 bridgehead atoms. The van der Waals surface area contributed by atoms with Gasteiger partial charge in [-0.15, -0.1) is 0 Å². The van der Waals surface area contributed by atoms with Gasteiger partial charge in [0.25, 0.3) is 5.91 Å². The van der Waals surface area contributed by atoms with E-state index in [1.165, 1.54) is 5.56 Å². The molecule has 0 atom stereocenters. The standard InChI is InChI=1S/C19H21ClN2O/c20-17-8-4-7-16(13-17)19(23)21-18-9-11-22(12-10-18)14-15-5-2-1-3-6-15/h1-8,13,18H,9-12,14H2,(H,21,23)/p+1. The smallest absolute Gasteiger partial charge is 0.251 e. The van der Waals surface area contributed by atoms with Crippen LogP contribution in [0.2, 0.25) is 5.02 Å². The van der Waals surface area contributed by atoms with Gasteiger partial charge in [0, 0.05) is 35.0 Å². The van der Waals surface area contributed by atoms with Crippen molar-refractivity contribution in [2.75, 3.05) is 13.1 Å². The fourth-order valence-corrected chi connectivity index (χ4v) is 3.32. The van der Waals surface area contributed by atoms with Crippen LogP contribution in [-0.4, -0.2) is 25.0 Å². The van der Waals surface area contributed by atoms with Crippen LogP contribution in [-0.2, 0) is 6.54 Å². The van der Waals surface area contributed by atoms with Crippen LogP contribution in [0.4, 0.5) is 0 Å². The minimum absolute atomic E-state index is 0.0241. The Labute approximate surface area is 142 Å². The van der Waals surface area contributed by atoms with E-state index in [0.29, 0.717) is 10.6 Å². The number of amides is 1. The third-order valence-electron chi connectivity index (χ3n) is 4.41. The van der Waals surface area contributed by atoms with Crippen LogP contribution in [0, 0.1) is 0 Å². The van der Waals surface area contributed by atoms with Crippen molar-refractivity contribution in [2.24, 2.45) is 0 Å². The Hall–Kier alpha value is -1.84. The number of hydrogen-bond acceptors (Lipinski definition) is 1. The van der Waals surface area contributed by atoms with E-state index in [1.807, 2.05) is 6.07 Å². The largest absolute Gasteiger partial charge is 0.349 e. The summed E-state index contributed by atoms with van der Waals surface area (Å²) >= 11 is 5.94. The second-order valence-electron chi connectivity index (χ2n) is 6.17. The number of halogens is 1. The highest BCUT2D eigenvalue weighted by molar-refractivity contribution is 6.30. The lowest BCUT2D eigenvalue weighted by atomic mass is 10.0. The van der Waals surface area contributed by atoms with Crippen LogP contribution in [0.1, 0.15) is 28.8 Å². The minimum atomic E-state index is -0.0241. The Morgan fingerprint density at radius 2 is 1.83 bits per heavy atom. The molecule has 0 unspecified atom stereocenters. The maximum atomic E-state index is 12.3. The molecule has 1 saturated heterocycles. The molecule has 3 nitrogen and oxygen atoms in total. The molecule has 0 radical (unpaired) electrons. The van der Waals surface area contributed by atoms with Crippen molar-refractivity contribution >= 4 is 17.5 Å². The molecular formula is C19H22ClN2O+. The van der Waals surface area contributed by atoms with Crippen LogP contribution in [0.25, 0.3) is 0 Å². The first-order valence-electron chi connectivity index (χ1n) is 8.14. The molecule has 0 spiro atoms. The van der Waals surface area contributed by atoms with Gasteiger partial charge < -0.3 is 10.2 Å². The first kappa shape index (κ1) is 16.0. The van der Waals surface area contributed by atoms with E-state index in [9.17, 15) is 4.79 Å². The maximum absolute atomic E-state index is 12.3. The number of likely N-dealkylation sites (tertiary alicyclic amines) is 1. The molecular weight excluding hydrogens is 308 g/mol. The molecule has 0 saturated carbocycles. The van der Waals surface area contributed by atoms with Gasteiger partial charge in [-0.05, 0) is 18.2 Å². The third kappa shape index (κ3) is 4.57. The van der Waals surface area contributed by atoms with Crippen molar-refractivity contribution in [1.29, 1.82) is 0 Å². The average Bonchev–Trinajstić information content (AvgIpc) is 2.57. The SMILES string of the molecule is O=C(NC1CC[NH+](Cc2ccccc2)CC1)c1cccc(Cl)c1. The number of benzene rings is 2. The van der Waals surface area contributed by atoms with E-state index in [2.05, 4.69) is 35.6 Å². The molecule has 4 heteroatoms. The van der Waals surface area contributed by atoms with Gasteiger partial charge in [0.05, 0.1) is 13.1 Å². The van der Waals surface area contributed by atoms with Gasteiger partial charge in [-0.2, -0.15) is 0 Å². The number of quaternary nitrogens is 1. The molecule has 1 heterocycles. The average molecular weight is 330 g/mol. The van der Waals surface area contributed by atoms with Gasteiger partial charge >= 0.3 is 0 Å². The van der Waals surface area contributed by atoms with E-state index < -0.39 is 0 Å². The first-order chi connectivity index (χ1) is 11.2. The third-order valence-corrected chi connectivity index (χ3v) is 4.65. The molecule has 2 N–H and O–H groups in total. The highest BCUT2D eigenvalue weighted by Crippen LogP contribution is 2.11. The summed E-state index contributed by atoms with van der Waals surface area (Å²) in [6.07, 6.45) is 2.04. The topological polar surface area (TPSA) is 33.5 Å². The number of piperidine rings is 1. The van der Waals surface area contributed by atoms with Crippen molar-refractivity contribution in [3.05, 3.63) is 70.7 Å². The van der Waals surface area contributed by atoms with E-state index in [-0.39, 0.29) is 11.9 Å². The van der Waals surface area contributed by atoms with E-state index in [0.717, 1.165) is 32.5 Å². The van der Waals surface area contributed by atoms with E-state index >= 15 is 0 Å². The Kier molecular flexibility index (Phi) is 5.31. The maximum Gasteiger partial charge on any atom is 0.251 e. The monoisotopic (exact) mass is 329 g/mol. The van der Waals surface area contributed by atoms with Gasteiger partial charge in [-0.25, -0.2) is 0 Å². The minimum Gasteiger partial charge on any atom is -0.349 e. The molecule has 3 rings (SSSR count). The van der Waals surface area contributed by atoms with Crippen LogP contribution in [0.3, 0.4) is 0 Å². The molecule has 0 aromatic heterocycles. The Balaban J connectivity index is 1.48. The Bertz CT molecular complexity index is 651. The quantitative estimate of drug-likeness (QED) is 0.887. The predicted molar refractivity (Wildman–Crippen MR) is 92.8 cm³/mol. The summed E-state index contributed by atoms with van der Waals surface area (Å²) in [6.45, 7) is 3.25. The molecule has 2 aromatic rings.